The summed E-state index contributed by atoms with van der Waals surface area (Å²) >= 11 is 0. The average Bonchev–Trinajstić information content (AvgIpc) is 2.79. The predicted molar refractivity (Wildman–Crippen MR) is 114 cm³/mol. The maximum absolute atomic E-state index is 12.5. The minimum atomic E-state index is -0.162. The van der Waals surface area contributed by atoms with E-state index in [9.17, 15) is 4.79 Å². The van der Waals surface area contributed by atoms with Crippen molar-refractivity contribution in [3.63, 3.8) is 0 Å². The number of aromatic nitrogens is 2. The van der Waals surface area contributed by atoms with Gasteiger partial charge in [-0.05, 0) is 49.4 Å². The zero-order valence-corrected chi connectivity index (χ0v) is 16.9. The number of morpholine rings is 1. The van der Waals surface area contributed by atoms with Crippen LogP contribution < -0.4 is 15.0 Å². The van der Waals surface area contributed by atoms with E-state index in [4.69, 9.17) is 9.47 Å². The van der Waals surface area contributed by atoms with Gasteiger partial charge in [-0.1, -0.05) is 18.2 Å². The first kappa shape index (κ1) is 19.8. The molecule has 1 aromatic heterocycles. The van der Waals surface area contributed by atoms with Crippen molar-refractivity contribution in [3.05, 3.63) is 77.6 Å². The molecule has 1 aliphatic rings. The first-order chi connectivity index (χ1) is 14.7. The summed E-state index contributed by atoms with van der Waals surface area (Å²) in [6.45, 7) is 5.16. The summed E-state index contributed by atoms with van der Waals surface area (Å²) in [5.74, 6) is 1.96. The van der Waals surface area contributed by atoms with E-state index in [1.54, 1.807) is 24.3 Å². The molecule has 0 atom stereocenters. The molecule has 2 heterocycles. The molecule has 7 nitrogen and oxygen atoms in total. The van der Waals surface area contributed by atoms with Crippen LogP contribution in [0.1, 0.15) is 21.7 Å². The number of carbonyl (C=O) groups is 1. The van der Waals surface area contributed by atoms with Crippen molar-refractivity contribution in [2.45, 2.75) is 13.5 Å². The molecule has 30 heavy (non-hydrogen) atoms. The zero-order valence-electron chi connectivity index (χ0n) is 16.9. The van der Waals surface area contributed by atoms with Gasteiger partial charge in [0.2, 0.25) is 5.95 Å². The molecule has 0 saturated carbocycles. The maximum atomic E-state index is 12.5. The van der Waals surface area contributed by atoms with E-state index in [0.717, 1.165) is 30.2 Å². The zero-order chi connectivity index (χ0) is 20.8. The largest absolute Gasteiger partial charge is 0.457 e. The third-order valence-corrected chi connectivity index (χ3v) is 4.71. The Kier molecular flexibility index (Phi) is 6.20. The van der Waals surface area contributed by atoms with Gasteiger partial charge in [0, 0.05) is 24.3 Å². The fourth-order valence-electron chi connectivity index (χ4n) is 3.18. The van der Waals surface area contributed by atoms with Crippen LogP contribution in [0, 0.1) is 6.92 Å². The van der Waals surface area contributed by atoms with Crippen molar-refractivity contribution in [2.24, 2.45) is 0 Å². The number of amides is 1. The number of aryl methyl sites for hydroxylation is 1. The van der Waals surface area contributed by atoms with Crippen molar-refractivity contribution in [3.8, 4) is 11.5 Å². The number of benzene rings is 2. The average molecular weight is 404 g/mol. The van der Waals surface area contributed by atoms with Crippen LogP contribution in [0.3, 0.4) is 0 Å². The molecule has 0 bridgehead atoms. The Morgan fingerprint density at radius 1 is 1.03 bits per heavy atom. The number of anilines is 1. The van der Waals surface area contributed by atoms with Gasteiger partial charge in [0.1, 0.15) is 11.5 Å². The first-order valence-corrected chi connectivity index (χ1v) is 9.96. The Hall–Kier alpha value is -3.45. The number of para-hydroxylation sites is 1. The van der Waals surface area contributed by atoms with Crippen molar-refractivity contribution in [1.29, 1.82) is 0 Å². The number of rotatable bonds is 6. The number of nitrogens with zero attached hydrogens (tertiary/aromatic N) is 3. The summed E-state index contributed by atoms with van der Waals surface area (Å²) in [7, 11) is 0. The van der Waals surface area contributed by atoms with E-state index in [1.165, 1.54) is 0 Å². The van der Waals surface area contributed by atoms with E-state index in [-0.39, 0.29) is 5.91 Å². The predicted octanol–water partition coefficient (Wildman–Crippen LogP) is 3.34. The van der Waals surface area contributed by atoms with Gasteiger partial charge in [0.25, 0.3) is 5.91 Å². The van der Waals surface area contributed by atoms with Crippen LogP contribution in [0.15, 0.2) is 60.7 Å². The third-order valence-electron chi connectivity index (χ3n) is 4.71. The third kappa shape index (κ3) is 5.12. The van der Waals surface area contributed by atoms with Crippen LogP contribution in [0.25, 0.3) is 0 Å². The standard InChI is InChI=1S/C23H24N4O3/c1-17-15-19(26-23(25-17)27-11-13-29-14-12-27)16-24-22(28)18-7-9-21(10-8-18)30-20-5-3-2-4-6-20/h2-10,15H,11-14,16H2,1H3,(H,24,28). The topological polar surface area (TPSA) is 76.6 Å². The summed E-state index contributed by atoms with van der Waals surface area (Å²) in [5, 5.41) is 2.93. The fraction of sp³-hybridized carbons (Fsp3) is 0.261. The number of nitrogens with one attached hydrogen (secondary N) is 1. The monoisotopic (exact) mass is 404 g/mol. The fourth-order valence-corrected chi connectivity index (χ4v) is 3.18. The van der Waals surface area contributed by atoms with Crippen molar-refractivity contribution in [2.75, 3.05) is 31.2 Å². The van der Waals surface area contributed by atoms with Crippen LogP contribution in [-0.4, -0.2) is 42.2 Å². The molecule has 154 valence electrons. The molecule has 2 aromatic carbocycles. The van der Waals surface area contributed by atoms with Crippen LogP contribution in [0.5, 0.6) is 11.5 Å². The molecule has 1 amide bonds. The SMILES string of the molecule is Cc1cc(CNC(=O)c2ccc(Oc3ccccc3)cc2)nc(N2CCOCC2)n1. The Morgan fingerprint density at radius 2 is 1.73 bits per heavy atom. The molecule has 7 heteroatoms. The molecule has 0 spiro atoms. The molecular weight excluding hydrogens is 380 g/mol. The van der Waals surface area contributed by atoms with Crippen LogP contribution in [-0.2, 0) is 11.3 Å². The number of ether oxygens (including phenoxy) is 2. The molecule has 1 saturated heterocycles. The lowest BCUT2D eigenvalue weighted by atomic mass is 10.2. The van der Waals surface area contributed by atoms with Crippen LogP contribution >= 0.6 is 0 Å². The second-order valence-electron chi connectivity index (χ2n) is 7.02. The molecule has 1 fully saturated rings. The van der Waals surface area contributed by atoms with Crippen molar-refractivity contribution >= 4 is 11.9 Å². The van der Waals surface area contributed by atoms with Gasteiger partial charge in [0.05, 0.1) is 25.5 Å². The van der Waals surface area contributed by atoms with E-state index >= 15 is 0 Å². The van der Waals surface area contributed by atoms with Gasteiger partial charge < -0.3 is 19.7 Å². The lowest BCUT2D eigenvalue weighted by Crippen LogP contribution is -2.37. The van der Waals surface area contributed by atoms with Gasteiger partial charge in [-0.25, -0.2) is 9.97 Å². The number of hydrogen-bond acceptors (Lipinski definition) is 6. The van der Waals surface area contributed by atoms with Crippen LogP contribution in [0.4, 0.5) is 5.95 Å². The summed E-state index contributed by atoms with van der Waals surface area (Å²) in [5.41, 5.74) is 2.22. The van der Waals surface area contributed by atoms with Gasteiger partial charge in [-0.15, -0.1) is 0 Å². The van der Waals surface area contributed by atoms with Gasteiger partial charge in [0.15, 0.2) is 0 Å². The highest BCUT2D eigenvalue weighted by Crippen LogP contribution is 2.21. The minimum Gasteiger partial charge on any atom is -0.457 e. The van der Waals surface area contributed by atoms with E-state index in [0.29, 0.717) is 37.0 Å². The molecule has 0 aliphatic carbocycles. The second kappa shape index (κ2) is 9.37. The van der Waals surface area contributed by atoms with Gasteiger partial charge >= 0.3 is 0 Å². The Bertz CT molecular complexity index is 987. The molecule has 4 rings (SSSR count). The lowest BCUT2D eigenvalue weighted by molar-refractivity contribution is 0.0950. The molecule has 3 aromatic rings. The highest BCUT2D eigenvalue weighted by atomic mass is 16.5. The molecular formula is C23H24N4O3. The molecule has 0 radical (unpaired) electrons. The Morgan fingerprint density at radius 3 is 2.47 bits per heavy atom. The summed E-state index contributed by atoms with van der Waals surface area (Å²) < 4.78 is 11.2. The summed E-state index contributed by atoms with van der Waals surface area (Å²) in [6.07, 6.45) is 0. The van der Waals surface area contributed by atoms with Gasteiger partial charge in [-0.3, -0.25) is 4.79 Å². The smallest absolute Gasteiger partial charge is 0.251 e. The lowest BCUT2D eigenvalue weighted by Gasteiger charge is -2.27. The first-order valence-electron chi connectivity index (χ1n) is 9.96. The number of hydrogen-bond donors (Lipinski definition) is 1. The second-order valence-corrected chi connectivity index (χ2v) is 7.02. The highest BCUT2D eigenvalue weighted by molar-refractivity contribution is 5.94. The van der Waals surface area contributed by atoms with Crippen molar-refractivity contribution in [1.82, 2.24) is 15.3 Å². The Balaban J connectivity index is 1.36. The quantitative estimate of drug-likeness (QED) is 0.679. The van der Waals surface area contributed by atoms with Crippen molar-refractivity contribution < 1.29 is 14.3 Å². The highest BCUT2D eigenvalue weighted by Gasteiger charge is 2.15. The van der Waals surface area contributed by atoms with E-state index in [2.05, 4.69) is 20.2 Å². The summed E-state index contributed by atoms with van der Waals surface area (Å²) in [6, 6.07) is 18.5. The molecule has 1 N–H and O–H groups in total. The van der Waals surface area contributed by atoms with Crippen LogP contribution in [0.2, 0.25) is 0 Å². The minimum absolute atomic E-state index is 0.162. The van der Waals surface area contributed by atoms with E-state index < -0.39 is 0 Å². The molecule has 0 unspecified atom stereocenters. The maximum Gasteiger partial charge on any atom is 0.251 e. The van der Waals surface area contributed by atoms with Gasteiger partial charge in [-0.2, -0.15) is 0 Å². The van der Waals surface area contributed by atoms with E-state index in [1.807, 2.05) is 43.3 Å². The Labute approximate surface area is 175 Å². The summed E-state index contributed by atoms with van der Waals surface area (Å²) in [4.78, 5) is 23.8. The normalized spacial score (nSPS) is 13.7. The molecule has 1 aliphatic heterocycles. The number of carbonyl (C=O) groups excluding carboxylic acids is 1.